The van der Waals surface area contributed by atoms with Gasteiger partial charge in [-0.2, -0.15) is 0 Å². The molecule has 14 unspecified atom stereocenters. The molecular formula is C69H86O26. The lowest BCUT2D eigenvalue weighted by Crippen LogP contribution is -2.32. The van der Waals surface area contributed by atoms with E-state index in [9.17, 15) is 51.1 Å². The number of fused-ring (bicyclic) bond motifs is 2. The smallest absolute Gasteiger partial charge is 0.204 e. The van der Waals surface area contributed by atoms with Crippen LogP contribution >= 0.6 is 0 Å². The van der Waals surface area contributed by atoms with Crippen LogP contribution in [0, 0.1) is 11.8 Å². The summed E-state index contributed by atoms with van der Waals surface area (Å²) in [7, 11) is 11.5. The van der Waals surface area contributed by atoms with Gasteiger partial charge in [-0.05, 0) is 120 Å². The summed E-state index contributed by atoms with van der Waals surface area (Å²) in [4.78, 5) is 0. The van der Waals surface area contributed by atoms with Gasteiger partial charge >= 0.3 is 0 Å². The molecule has 0 amide bonds. The van der Waals surface area contributed by atoms with E-state index >= 15 is 0 Å². The summed E-state index contributed by atoms with van der Waals surface area (Å²) in [6.07, 6.45) is -12.3. The van der Waals surface area contributed by atoms with E-state index in [2.05, 4.69) is 0 Å². The number of aliphatic hydroxyl groups is 10. The third-order valence-corrected chi connectivity index (χ3v) is 17.3. The minimum absolute atomic E-state index is 0.0782. The molecule has 518 valence electrons. The Labute approximate surface area is 550 Å². The van der Waals surface area contributed by atoms with Crippen LogP contribution in [0.5, 0.6) is 80.5 Å². The Balaban J connectivity index is 0.874. The van der Waals surface area contributed by atoms with E-state index in [1.807, 2.05) is 0 Å². The molecule has 2 fully saturated rings. The molecule has 15 atom stereocenters. The molecular weight excluding hydrogens is 1240 g/mol. The highest BCUT2D eigenvalue weighted by Crippen LogP contribution is 2.56. The lowest BCUT2D eigenvalue weighted by atomic mass is 9.84. The lowest BCUT2D eigenvalue weighted by molar-refractivity contribution is -0.00350. The number of methoxy groups -OCH3 is 8. The number of benzene rings is 6. The zero-order valence-electron chi connectivity index (χ0n) is 54.5. The monoisotopic (exact) mass is 1330 g/mol. The Hall–Kier alpha value is -7.96. The Morgan fingerprint density at radius 2 is 0.758 bits per heavy atom. The standard InChI is InChI=1S/C69H86O26/c1-34(26-70)90-46-14-11-36(18-49(46)80-3)61(77)59(30-74)93-68-53(84-7)22-40(23-54(68)85-8)64-44-32-89-65(45(44)33-88-64)41-24-55(86-9)69(56(25-41)87-10)94-60(31-75)62(78)37-12-15-48(50(19-37)81-4)92-58(29-73)63(79)39-17-42-43(27-71)66(95-67(42)52(21-39)83-6)38-13-16-47(51(20-38)82-5)91-57(28-72)35(2)76/h11-25,34-35,43-45,57-66,70-79H,26-33H2,1-10H3/t34?,35?,43?,44?,45?,57?,58?,59?,60?,61-,62?,63?,64?,65?,66?/m1/s1. The summed E-state index contributed by atoms with van der Waals surface area (Å²) < 4.78 is 95.8. The van der Waals surface area contributed by atoms with Crippen LogP contribution in [-0.4, -0.2) is 197 Å². The van der Waals surface area contributed by atoms with Crippen molar-refractivity contribution in [2.75, 3.05) is 110 Å². The molecule has 3 aliphatic rings. The molecule has 26 nitrogen and oxygen atoms in total. The van der Waals surface area contributed by atoms with Crippen molar-refractivity contribution in [2.45, 2.75) is 93.0 Å². The van der Waals surface area contributed by atoms with Gasteiger partial charge in [0.1, 0.15) is 36.6 Å². The first-order valence-corrected chi connectivity index (χ1v) is 30.8. The van der Waals surface area contributed by atoms with Crippen LogP contribution < -0.4 is 66.3 Å². The molecule has 10 N–H and O–H groups in total. The Kier molecular flexibility index (Phi) is 24.2. The Bertz CT molecular complexity index is 3460. The summed E-state index contributed by atoms with van der Waals surface area (Å²) in [6, 6.07) is 24.4. The topological polar surface area (TPSA) is 350 Å². The Morgan fingerprint density at radius 1 is 0.379 bits per heavy atom. The maximum atomic E-state index is 11.9. The number of hydrogen-bond donors (Lipinski definition) is 10. The molecule has 0 radical (unpaired) electrons. The fourth-order valence-corrected chi connectivity index (χ4v) is 12.1. The molecule has 6 aromatic rings. The maximum Gasteiger partial charge on any atom is 0.204 e. The van der Waals surface area contributed by atoms with Gasteiger partial charge < -0.3 is 127 Å². The minimum atomic E-state index is -1.50. The average Bonchev–Trinajstić information content (AvgIpc) is 1.63. The number of aliphatic hydroxyl groups excluding tert-OH is 10. The zero-order chi connectivity index (χ0) is 68.4. The summed E-state index contributed by atoms with van der Waals surface area (Å²) in [5.41, 5.74) is 3.33. The van der Waals surface area contributed by atoms with Crippen LogP contribution in [0.3, 0.4) is 0 Å². The van der Waals surface area contributed by atoms with E-state index in [0.717, 1.165) is 0 Å². The molecule has 2 saturated heterocycles. The van der Waals surface area contributed by atoms with E-state index in [-0.39, 0.29) is 99.4 Å². The van der Waals surface area contributed by atoms with Crippen molar-refractivity contribution in [3.05, 3.63) is 130 Å². The molecule has 9 rings (SSSR count). The van der Waals surface area contributed by atoms with Gasteiger partial charge in [0.15, 0.2) is 87.3 Å². The van der Waals surface area contributed by atoms with Gasteiger partial charge in [-0.1, -0.05) is 18.2 Å². The predicted octanol–water partition coefficient (Wildman–Crippen LogP) is 5.34. The van der Waals surface area contributed by atoms with Gasteiger partial charge in [0, 0.05) is 17.4 Å². The van der Waals surface area contributed by atoms with Gasteiger partial charge in [-0.3, -0.25) is 0 Å². The highest BCUT2D eigenvalue weighted by atomic mass is 16.6. The van der Waals surface area contributed by atoms with Crippen LogP contribution in [0.2, 0.25) is 0 Å². The fourth-order valence-electron chi connectivity index (χ4n) is 12.1. The summed E-state index contributed by atoms with van der Waals surface area (Å²) in [6.45, 7) is 0.789. The quantitative estimate of drug-likeness (QED) is 0.0244. The second-order valence-corrected chi connectivity index (χ2v) is 23.1. The van der Waals surface area contributed by atoms with E-state index < -0.39 is 106 Å². The molecule has 0 bridgehead atoms. The van der Waals surface area contributed by atoms with Crippen molar-refractivity contribution in [2.24, 2.45) is 11.8 Å². The predicted molar refractivity (Wildman–Crippen MR) is 338 cm³/mol. The van der Waals surface area contributed by atoms with E-state index in [1.54, 1.807) is 73.7 Å². The van der Waals surface area contributed by atoms with E-state index in [0.29, 0.717) is 58.3 Å². The first kappa shape index (κ1) is 71.3. The average molecular weight is 1330 g/mol. The summed E-state index contributed by atoms with van der Waals surface area (Å²) in [5, 5.41) is 107. The van der Waals surface area contributed by atoms with Crippen molar-refractivity contribution in [3.63, 3.8) is 0 Å². The minimum Gasteiger partial charge on any atom is -0.493 e. The van der Waals surface area contributed by atoms with Crippen molar-refractivity contribution in [3.8, 4) is 80.5 Å². The highest BCUT2D eigenvalue weighted by Gasteiger charge is 2.49. The van der Waals surface area contributed by atoms with Crippen LogP contribution in [0.15, 0.2) is 91.0 Å². The van der Waals surface area contributed by atoms with Crippen LogP contribution in [-0.2, 0) is 9.47 Å². The third-order valence-electron chi connectivity index (χ3n) is 17.3. The first-order valence-electron chi connectivity index (χ1n) is 30.8. The normalized spacial score (nSPS) is 20.8. The molecule has 26 heteroatoms. The summed E-state index contributed by atoms with van der Waals surface area (Å²) in [5.74, 6) is 2.07. The SMILES string of the molecule is COc1cc([C@@H](O)C(CO)Oc2c(OC)cc(C3OCC4C(c5cc(OC)c(OC(CO)C(O)c6ccc(OC(CO)C(O)c7cc(OC)c8c(c7)C(CO)C(c7ccc(OC(CO)C(C)O)c(OC)c7)O8)c(OC)c6)c(OC)c5)OCC34)cc2OC)ccc1OC(C)CO. The maximum absolute atomic E-state index is 11.9. The van der Waals surface area contributed by atoms with Crippen LogP contribution in [0.4, 0.5) is 0 Å². The van der Waals surface area contributed by atoms with Gasteiger partial charge in [-0.15, -0.1) is 0 Å². The van der Waals surface area contributed by atoms with E-state index in [1.165, 1.54) is 88.1 Å². The first-order chi connectivity index (χ1) is 45.9. The molecule has 3 heterocycles. The van der Waals surface area contributed by atoms with E-state index in [4.69, 9.17) is 75.8 Å². The number of rotatable bonds is 34. The van der Waals surface area contributed by atoms with Crippen LogP contribution in [0.25, 0.3) is 0 Å². The third kappa shape index (κ3) is 15.0. The van der Waals surface area contributed by atoms with Crippen molar-refractivity contribution < 1.29 is 127 Å². The molecule has 0 spiro atoms. The second kappa shape index (κ2) is 32.2. The Morgan fingerprint density at radius 3 is 1.17 bits per heavy atom. The van der Waals surface area contributed by atoms with Gasteiger partial charge in [0.05, 0.1) is 134 Å². The second-order valence-electron chi connectivity index (χ2n) is 23.1. The molecule has 95 heavy (non-hydrogen) atoms. The highest BCUT2D eigenvalue weighted by molar-refractivity contribution is 5.59. The molecule has 6 aromatic carbocycles. The van der Waals surface area contributed by atoms with Crippen molar-refractivity contribution in [1.82, 2.24) is 0 Å². The van der Waals surface area contributed by atoms with Crippen molar-refractivity contribution in [1.29, 1.82) is 0 Å². The summed E-state index contributed by atoms with van der Waals surface area (Å²) >= 11 is 0. The van der Waals surface area contributed by atoms with Crippen LogP contribution in [0.1, 0.15) is 95.3 Å². The molecule has 3 aliphatic heterocycles. The lowest BCUT2D eigenvalue weighted by Gasteiger charge is -2.27. The molecule has 0 aromatic heterocycles. The molecule has 0 aliphatic carbocycles. The van der Waals surface area contributed by atoms with Crippen molar-refractivity contribution >= 4 is 0 Å². The largest absolute Gasteiger partial charge is 0.493 e. The van der Waals surface area contributed by atoms with Gasteiger partial charge in [0.2, 0.25) is 11.5 Å². The zero-order valence-corrected chi connectivity index (χ0v) is 54.5. The van der Waals surface area contributed by atoms with Gasteiger partial charge in [-0.25, -0.2) is 0 Å². The number of hydrogen-bond acceptors (Lipinski definition) is 26. The number of ether oxygens (including phenoxy) is 16. The fraction of sp³-hybridized carbons (Fsp3) is 0.478. The molecule has 0 saturated carbocycles. The van der Waals surface area contributed by atoms with Gasteiger partial charge in [0.25, 0.3) is 0 Å².